The molecule has 8 rings (SSSR count). The standard InChI is InChI=1S/C58H62ClF2N13O11/c1-34(43-21-36(24-62)9-11-44(43)60)68-54-51(59)35(2)67-47-23-45(61)52(70-53(47)54)38-26-65-57(66-27-38)83-20-19-80-18-16-74-28-39(71-72-74)31-81-33-50(76)73-29-42(30-73)82-17-15-63-48(75)32-84-40-7-6-8-41(22-40)85-49-12-10-37(25-64-49)55(77)69-46(56(78)79)13-14-58(3,4)5/h6-12,21-23,25-28,34,42,46H,13-20,29-33H2,1-5H3,(H,63,75)(H,67,68)(H,69,77)(H,78,79)/t34-,46+/m1/s1. The van der Waals surface area contributed by atoms with Crippen molar-refractivity contribution < 1.29 is 61.5 Å². The maximum Gasteiger partial charge on any atom is 0.326 e. The summed E-state index contributed by atoms with van der Waals surface area (Å²) in [4.78, 5) is 72.7. The van der Waals surface area contributed by atoms with E-state index >= 15 is 4.39 Å². The van der Waals surface area contributed by atoms with E-state index in [0.29, 0.717) is 54.6 Å². The highest BCUT2D eigenvalue weighted by atomic mass is 35.5. The van der Waals surface area contributed by atoms with Crippen LogP contribution in [0.25, 0.3) is 22.3 Å². The second kappa shape index (κ2) is 29.0. The van der Waals surface area contributed by atoms with Crippen molar-refractivity contribution in [1.82, 2.24) is 55.4 Å². The zero-order valence-electron chi connectivity index (χ0n) is 47.1. The monoisotopic (exact) mass is 1190 g/mol. The molecule has 446 valence electrons. The van der Waals surface area contributed by atoms with Crippen LogP contribution in [0.1, 0.15) is 79.5 Å². The lowest BCUT2D eigenvalue weighted by molar-refractivity contribution is -0.150. The number of nitrogens with zero attached hydrogens (tertiary/aromatic N) is 10. The number of hydrogen-bond donors (Lipinski definition) is 4. The molecule has 3 amide bonds. The van der Waals surface area contributed by atoms with Crippen LogP contribution in [0.3, 0.4) is 0 Å². The quantitative estimate of drug-likeness (QED) is 0.0337. The number of carboxylic acid groups (broad SMARTS) is 1. The number of aryl methyl sites for hydroxylation is 1. The van der Waals surface area contributed by atoms with Crippen LogP contribution in [0.4, 0.5) is 14.5 Å². The van der Waals surface area contributed by atoms with Gasteiger partial charge in [-0.1, -0.05) is 43.7 Å². The summed E-state index contributed by atoms with van der Waals surface area (Å²) in [5, 5.41) is 35.8. The molecule has 2 aromatic carbocycles. The lowest BCUT2D eigenvalue weighted by Gasteiger charge is -2.38. The van der Waals surface area contributed by atoms with E-state index in [4.69, 9.17) is 40.0 Å². The number of ether oxygens (including phenoxy) is 6. The first kappa shape index (κ1) is 62.0. The molecule has 6 heterocycles. The van der Waals surface area contributed by atoms with E-state index in [2.05, 4.69) is 51.2 Å². The number of carbonyl (C=O) groups excluding carboxylic acids is 3. The van der Waals surface area contributed by atoms with Crippen molar-refractivity contribution in [1.29, 1.82) is 5.26 Å². The van der Waals surface area contributed by atoms with E-state index < -0.39 is 35.6 Å². The van der Waals surface area contributed by atoms with Gasteiger partial charge in [0.25, 0.3) is 11.8 Å². The number of aliphatic carboxylic acids is 1. The third-order valence-corrected chi connectivity index (χ3v) is 13.5. The fourth-order valence-corrected chi connectivity index (χ4v) is 8.60. The number of pyridine rings is 3. The van der Waals surface area contributed by atoms with Crippen LogP contribution in [0.5, 0.6) is 23.4 Å². The first-order valence-corrected chi connectivity index (χ1v) is 27.4. The lowest BCUT2D eigenvalue weighted by atomic mass is 9.88. The summed E-state index contributed by atoms with van der Waals surface area (Å²) in [5.74, 6) is -2.53. The topological polar surface area (TPSA) is 302 Å². The summed E-state index contributed by atoms with van der Waals surface area (Å²) in [6, 6.07) is 15.2. The number of nitrogens with one attached hydrogen (secondary N) is 3. The van der Waals surface area contributed by atoms with E-state index in [1.165, 1.54) is 55.0 Å². The number of nitriles is 1. The maximum absolute atomic E-state index is 15.5. The van der Waals surface area contributed by atoms with Gasteiger partial charge >= 0.3 is 12.0 Å². The average molecular weight is 1190 g/mol. The number of carboxylic acids is 1. The van der Waals surface area contributed by atoms with Gasteiger partial charge in [0, 0.05) is 67.6 Å². The predicted molar refractivity (Wildman–Crippen MR) is 303 cm³/mol. The number of benzene rings is 2. The molecular formula is C58H62ClF2N13O11. The molecule has 2 atom stereocenters. The molecule has 0 aliphatic carbocycles. The molecule has 7 aromatic rings. The van der Waals surface area contributed by atoms with Crippen molar-refractivity contribution in [2.45, 2.75) is 78.8 Å². The Morgan fingerprint density at radius 2 is 1.69 bits per heavy atom. The number of likely N-dealkylation sites (tertiary alicyclic amines) is 1. The summed E-state index contributed by atoms with van der Waals surface area (Å²) in [6.45, 7) is 11.2. The number of anilines is 1. The van der Waals surface area contributed by atoms with Crippen molar-refractivity contribution >= 4 is 52.0 Å². The molecule has 1 saturated heterocycles. The molecule has 0 unspecified atom stereocenters. The van der Waals surface area contributed by atoms with Gasteiger partial charge in [-0.25, -0.2) is 43.2 Å². The largest absolute Gasteiger partial charge is 0.484 e. The molecule has 24 nitrogen and oxygen atoms in total. The Labute approximate surface area is 492 Å². The van der Waals surface area contributed by atoms with Gasteiger partial charge in [-0.15, -0.1) is 5.10 Å². The number of hydrogen-bond acceptors (Lipinski definition) is 19. The highest BCUT2D eigenvalue weighted by Gasteiger charge is 2.31. The average Bonchev–Trinajstić information content (AvgIpc) is 2.87. The van der Waals surface area contributed by atoms with Gasteiger partial charge in [-0.2, -0.15) is 5.26 Å². The second-order valence-corrected chi connectivity index (χ2v) is 21.2. The zero-order valence-corrected chi connectivity index (χ0v) is 47.9. The summed E-state index contributed by atoms with van der Waals surface area (Å²) in [6.07, 6.45) is 6.42. The van der Waals surface area contributed by atoms with E-state index in [9.17, 15) is 33.9 Å². The SMILES string of the molecule is Cc1nc2cc(F)c(-c3cnc(OCCOCCn4cc(COCC(=O)N5CC(OCCNC(=O)COc6cccc(Oc7ccc(C(=O)N[C@@H](CCC(C)(C)C)C(=O)O)cn7)c6)C5)nn4)nc3)nc2c(N[C@H](C)c2cc(C#N)ccc2F)c1Cl. The van der Waals surface area contributed by atoms with Crippen molar-refractivity contribution in [3.05, 3.63) is 130 Å². The molecular weight excluding hydrogens is 1130 g/mol. The van der Waals surface area contributed by atoms with Gasteiger partial charge in [-0.05, 0) is 68.5 Å². The van der Waals surface area contributed by atoms with Crippen molar-refractivity contribution in [2.75, 3.05) is 64.6 Å². The van der Waals surface area contributed by atoms with Gasteiger partial charge < -0.3 is 54.4 Å². The molecule has 5 aromatic heterocycles. The first-order chi connectivity index (χ1) is 40.8. The molecule has 1 aliphatic heterocycles. The van der Waals surface area contributed by atoms with Crippen LogP contribution in [0, 0.1) is 35.3 Å². The summed E-state index contributed by atoms with van der Waals surface area (Å²) in [7, 11) is 0. The van der Waals surface area contributed by atoms with Crippen molar-refractivity contribution in [3.63, 3.8) is 0 Å². The highest BCUT2D eigenvalue weighted by molar-refractivity contribution is 6.35. The summed E-state index contributed by atoms with van der Waals surface area (Å²) >= 11 is 6.67. The molecule has 0 spiro atoms. The van der Waals surface area contributed by atoms with E-state index in [0.717, 1.165) is 0 Å². The van der Waals surface area contributed by atoms with Crippen LogP contribution in [0.15, 0.2) is 85.5 Å². The molecule has 85 heavy (non-hydrogen) atoms. The normalized spacial score (nSPS) is 13.1. The smallest absolute Gasteiger partial charge is 0.326 e. The molecule has 0 bridgehead atoms. The van der Waals surface area contributed by atoms with Crippen molar-refractivity contribution in [2.24, 2.45) is 5.41 Å². The van der Waals surface area contributed by atoms with Gasteiger partial charge in [0.1, 0.15) is 53.5 Å². The molecule has 4 N–H and O–H groups in total. The predicted octanol–water partition coefficient (Wildman–Crippen LogP) is 7.19. The number of halogens is 3. The van der Waals surface area contributed by atoms with E-state index in [1.54, 1.807) is 53.9 Å². The first-order valence-electron chi connectivity index (χ1n) is 27.0. The van der Waals surface area contributed by atoms with Gasteiger partial charge in [-0.3, -0.25) is 14.4 Å². The lowest BCUT2D eigenvalue weighted by Crippen LogP contribution is -2.56. The van der Waals surface area contributed by atoms with E-state index in [1.807, 2.05) is 26.8 Å². The Balaban J connectivity index is 0.659. The van der Waals surface area contributed by atoms with Gasteiger partial charge in [0.15, 0.2) is 12.4 Å². The van der Waals surface area contributed by atoms with Crippen LogP contribution in [-0.4, -0.2) is 145 Å². The fourth-order valence-electron chi connectivity index (χ4n) is 8.41. The minimum Gasteiger partial charge on any atom is -0.484 e. The highest BCUT2D eigenvalue weighted by Crippen LogP contribution is 2.37. The van der Waals surface area contributed by atoms with Crippen LogP contribution >= 0.6 is 11.6 Å². The fraction of sp³-hybridized carbons (Fsp3) is 0.379. The molecule has 1 fully saturated rings. The number of carbonyl (C=O) groups is 4. The number of fused-ring (bicyclic) bond motifs is 1. The minimum atomic E-state index is -1.11. The Hall–Kier alpha value is -9.03. The van der Waals surface area contributed by atoms with E-state index in [-0.39, 0.29) is 138 Å². The number of aromatic nitrogens is 8. The molecule has 1 aliphatic rings. The Kier molecular flexibility index (Phi) is 21.1. The second-order valence-electron chi connectivity index (χ2n) is 20.8. The van der Waals surface area contributed by atoms with Crippen LogP contribution in [0.2, 0.25) is 5.02 Å². The molecule has 0 saturated carbocycles. The number of amides is 3. The van der Waals surface area contributed by atoms with Crippen molar-refractivity contribution in [3.8, 4) is 40.7 Å². The van der Waals surface area contributed by atoms with Crippen LogP contribution in [-0.2, 0) is 41.7 Å². The molecule has 0 radical (unpaired) electrons. The summed E-state index contributed by atoms with van der Waals surface area (Å²) in [5.41, 5.74) is 2.47. The van der Waals surface area contributed by atoms with Crippen LogP contribution < -0.4 is 30.2 Å². The third-order valence-electron chi connectivity index (χ3n) is 13.0. The maximum atomic E-state index is 15.5. The molecule has 27 heteroatoms. The number of rotatable bonds is 29. The third kappa shape index (κ3) is 17.7. The zero-order chi connectivity index (χ0) is 60.6. The Bertz CT molecular complexity index is 3530. The Morgan fingerprint density at radius 3 is 2.44 bits per heavy atom. The Morgan fingerprint density at radius 1 is 0.906 bits per heavy atom. The summed E-state index contributed by atoms with van der Waals surface area (Å²) < 4.78 is 66.0. The van der Waals surface area contributed by atoms with Gasteiger partial charge in [0.05, 0.1) is 90.4 Å². The van der Waals surface area contributed by atoms with Gasteiger partial charge in [0.2, 0.25) is 11.8 Å². The minimum absolute atomic E-state index is 0.0270.